The van der Waals surface area contributed by atoms with Crippen molar-refractivity contribution in [2.75, 3.05) is 6.61 Å². The number of hydrogen-bond acceptors (Lipinski definition) is 1. The van der Waals surface area contributed by atoms with Crippen LogP contribution >= 0.6 is 0 Å². The van der Waals surface area contributed by atoms with E-state index >= 15 is 0 Å². The van der Waals surface area contributed by atoms with Crippen LogP contribution in [0, 0.1) is 11.8 Å². The molecule has 0 N–H and O–H groups in total. The van der Waals surface area contributed by atoms with Crippen molar-refractivity contribution in [2.45, 2.75) is 19.8 Å². The Labute approximate surface area is 50.0 Å². The maximum atomic E-state index is 7.80. The molecule has 2 nitrogen and oxygen atoms in total. The molecule has 8 heavy (non-hydrogen) atoms. The summed E-state index contributed by atoms with van der Waals surface area (Å²) in [6, 6.07) is 0. The first-order valence-corrected chi connectivity index (χ1v) is 2.64. The van der Waals surface area contributed by atoms with Gasteiger partial charge in [-0.3, -0.25) is 4.84 Å². The minimum absolute atomic E-state index is 0.312. The van der Waals surface area contributed by atoms with Gasteiger partial charge in [0.2, 0.25) is 0 Å². The van der Waals surface area contributed by atoms with E-state index in [-0.39, 0.29) is 0 Å². The molecule has 0 fully saturated rings. The normalized spacial score (nSPS) is 7.75. The molecule has 0 aliphatic heterocycles. The molecule has 0 heterocycles. The Balaban J connectivity index is 2.90. The predicted octanol–water partition coefficient (Wildman–Crippen LogP) is 0.790. The van der Waals surface area contributed by atoms with Crippen LogP contribution in [0.1, 0.15) is 19.8 Å². The van der Waals surface area contributed by atoms with Crippen molar-refractivity contribution in [3.05, 3.63) is 0 Å². The maximum absolute atomic E-state index is 7.80. The van der Waals surface area contributed by atoms with Gasteiger partial charge in [0.15, 0.2) is 0 Å². The quantitative estimate of drug-likeness (QED) is 0.294. The lowest BCUT2D eigenvalue weighted by molar-refractivity contribution is 0.124. The molecule has 0 amide bonds. The SMILES string of the molecule is CCC#CCCO[N]. The Kier molecular flexibility index (Phi) is 6.06. The highest BCUT2D eigenvalue weighted by atomic mass is 16.6. The fourth-order valence-corrected chi connectivity index (χ4v) is 0.310. The van der Waals surface area contributed by atoms with Crippen LogP contribution in [-0.4, -0.2) is 6.61 Å². The first-order valence-electron chi connectivity index (χ1n) is 2.64. The summed E-state index contributed by atoms with van der Waals surface area (Å²) in [5, 5.41) is 0. The molecule has 0 bridgehead atoms. The van der Waals surface area contributed by atoms with E-state index in [1.165, 1.54) is 0 Å². The van der Waals surface area contributed by atoms with E-state index in [0.717, 1.165) is 6.42 Å². The van der Waals surface area contributed by atoms with E-state index in [1.54, 1.807) is 0 Å². The zero-order valence-corrected chi connectivity index (χ0v) is 4.98. The van der Waals surface area contributed by atoms with Gasteiger partial charge in [0.05, 0.1) is 6.61 Å². The lowest BCUT2D eigenvalue weighted by Crippen LogP contribution is -1.86. The summed E-state index contributed by atoms with van der Waals surface area (Å²) in [4.78, 5) is 3.79. The van der Waals surface area contributed by atoms with E-state index in [9.17, 15) is 0 Å². The molecule has 2 heteroatoms. The predicted molar refractivity (Wildman–Crippen MR) is 30.8 cm³/mol. The highest BCUT2D eigenvalue weighted by molar-refractivity contribution is 4.97. The van der Waals surface area contributed by atoms with Crippen LogP contribution in [0.3, 0.4) is 0 Å². The standard InChI is InChI=1S/C6H9NO/c1-2-3-4-5-6-8-7/h2,5-6H2,1H3. The molecule has 0 unspecified atom stereocenters. The average molecular weight is 111 g/mol. The van der Waals surface area contributed by atoms with Crippen molar-refractivity contribution >= 4 is 0 Å². The molecule has 0 rings (SSSR count). The third-order valence-corrected chi connectivity index (χ3v) is 0.620. The smallest absolute Gasteiger partial charge is 0.0829 e. The Morgan fingerprint density at radius 3 is 2.75 bits per heavy atom. The molecule has 44 valence electrons. The second kappa shape index (κ2) is 6.48. The van der Waals surface area contributed by atoms with Gasteiger partial charge < -0.3 is 0 Å². The maximum Gasteiger partial charge on any atom is 0.0829 e. The fourth-order valence-electron chi connectivity index (χ4n) is 0.310. The summed E-state index contributed by atoms with van der Waals surface area (Å²) in [6.07, 6.45) is 1.48. The van der Waals surface area contributed by atoms with Crippen LogP contribution in [-0.2, 0) is 4.84 Å². The van der Waals surface area contributed by atoms with Gasteiger partial charge in [-0.15, -0.1) is 11.8 Å². The van der Waals surface area contributed by atoms with Gasteiger partial charge in [-0.1, -0.05) is 6.92 Å². The van der Waals surface area contributed by atoms with Crippen molar-refractivity contribution in [3.63, 3.8) is 0 Å². The largest absolute Gasteiger partial charge is 0.263 e. The number of rotatable bonds is 2. The summed E-state index contributed by atoms with van der Waals surface area (Å²) in [6.45, 7) is 2.29. The van der Waals surface area contributed by atoms with Gasteiger partial charge in [-0.2, -0.15) is 0 Å². The van der Waals surface area contributed by atoms with Crippen LogP contribution in [0.5, 0.6) is 0 Å². The molecule has 0 spiro atoms. The van der Waals surface area contributed by atoms with Crippen LogP contribution in [0.2, 0.25) is 0 Å². The Morgan fingerprint density at radius 2 is 2.25 bits per heavy atom. The summed E-state index contributed by atoms with van der Waals surface area (Å²) < 4.78 is 0. The van der Waals surface area contributed by atoms with E-state index < -0.39 is 0 Å². The van der Waals surface area contributed by atoms with Gasteiger partial charge in [0.1, 0.15) is 0 Å². The molecule has 0 atom stereocenters. The van der Waals surface area contributed by atoms with Gasteiger partial charge in [0.25, 0.3) is 0 Å². The molecule has 0 aromatic heterocycles. The molecular weight excluding hydrogens is 102 g/mol. The highest BCUT2D eigenvalue weighted by Crippen LogP contribution is 1.75. The number of hydrogen-bond donors (Lipinski definition) is 0. The Hall–Kier alpha value is -0.520. The van der Waals surface area contributed by atoms with E-state index in [0.29, 0.717) is 13.0 Å². The lowest BCUT2D eigenvalue weighted by Gasteiger charge is -1.81. The van der Waals surface area contributed by atoms with Crippen LogP contribution in [0.4, 0.5) is 0 Å². The van der Waals surface area contributed by atoms with Gasteiger partial charge in [0, 0.05) is 18.7 Å². The molecule has 0 aliphatic rings. The summed E-state index contributed by atoms with van der Waals surface area (Å²) in [7, 11) is 0. The average Bonchev–Trinajstić information content (AvgIpc) is 1.81. The van der Waals surface area contributed by atoms with Crippen molar-refractivity contribution in [1.29, 1.82) is 0 Å². The Morgan fingerprint density at radius 1 is 1.50 bits per heavy atom. The first-order chi connectivity index (χ1) is 3.91. The van der Waals surface area contributed by atoms with Crippen LogP contribution in [0.15, 0.2) is 0 Å². The third-order valence-electron chi connectivity index (χ3n) is 0.620. The number of nitrogens with zero attached hydrogens (tertiary/aromatic N) is 1. The topological polar surface area (TPSA) is 31.5 Å². The zero-order valence-electron chi connectivity index (χ0n) is 4.98. The molecule has 0 aromatic carbocycles. The second-order valence-corrected chi connectivity index (χ2v) is 1.29. The second-order valence-electron chi connectivity index (χ2n) is 1.29. The monoisotopic (exact) mass is 111 g/mol. The van der Waals surface area contributed by atoms with Crippen molar-refractivity contribution in [1.82, 2.24) is 5.90 Å². The zero-order chi connectivity index (χ0) is 6.24. The van der Waals surface area contributed by atoms with Crippen molar-refractivity contribution in [3.8, 4) is 11.8 Å². The van der Waals surface area contributed by atoms with Crippen LogP contribution < -0.4 is 5.90 Å². The first kappa shape index (κ1) is 7.48. The molecule has 0 aromatic rings. The van der Waals surface area contributed by atoms with Crippen LogP contribution in [0.25, 0.3) is 0 Å². The molecule has 0 saturated heterocycles. The highest BCUT2D eigenvalue weighted by Gasteiger charge is 1.75. The van der Waals surface area contributed by atoms with Crippen molar-refractivity contribution in [2.24, 2.45) is 0 Å². The lowest BCUT2D eigenvalue weighted by atomic mass is 10.4. The minimum Gasteiger partial charge on any atom is -0.263 e. The summed E-state index contributed by atoms with van der Waals surface area (Å²) in [5.41, 5.74) is 0. The third kappa shape index (κ3) is 5.48. The summed E-state index contributed by atoms with van der Waals surface area (Å²) >= 11 is 0. The van der Waals surface area contributed by atoms with Gasteiger partial charge in [-0.05, 0) is 0 Å². The van der Waals surface area contributed by atoms with Gasteiger partial charge in [-0.25, -0.2) is 0 Å². The van der Waals surface area contributed by atoms with E-state index in [2.05, 4.69) is 16.7 Å². The fraction of sp³-hybridized carbons (Fsp3) is 0.667. The molecular formula is C6H9NO. The van der Waals surface area contributed by atoms with E-state index in [4.69, 9.17) is 5.90 Å². The molecule has 0 saturated carbocycles. The molecule has 2 radical (unpaired) electrons. The van der Waals surface area contributed by atoms with Gasteiger partial charge >= 0.3 is 0 Å². The van der Waals surface area contributed by atoms with E-state index in [1.807, 2.05) is 6.92 Å². The van der Waals surface area contributed by atoms with Crippen molar-refractivity contribution < 1.29 is 4.84 Å². The summed E-state index contributed by atoms with van der Waals surface area (Å²) in [5.74, 6) is 13.4. The Bertz CT molecular complexity index is 90.4. The molecule has 0 aliphatic carbocycles. The minimum atomic E-state index is 0.312.